The van der Waals surface area contributed by atoms with Crippen molar-refractivity contribution in [1.29, 1.82) is 0 Å². The Bertz CT molecular complexity index is 1330. The largest absolute Gasteiger partial charge is 0.493 e. The Morgan fingerprint density at radius 3 is 2.88 bits per heavy atom. The zero-order valence-electron chi connectivity index (χ0n) is 18.1. The maximum Gasteiger partial charge on any atom is 0.330 e. The van der Waals surface area contributed by atoms with Crippen LogP contribution in [-0.2, 0) is 17.6 Å². The Kier molecular flexibility index (Phi) is 5.76. The van der Waals surface area contributed by atoms with Gasteiger partial charge in [0.25, 0.3) is 0 Å². The summed E-state index contributed by atoms with van der Waals surface area (Å²) in [5, 5.41) is 13.7. The van der Waals surface area contributed by atoms with Crippen molar-refractivity contribution in [3.05, 3.63) is 90.1 Å². The molecule has 0 aliphatic carbocycles. The molecule has 0 fully saturated rings. The van der Waals surface area contributed by atoms with Gasteiger partial charge in [-0.15, -0.1) is 0 Å². The monoisotopic (exact) mass is 440 g/mol. The number of aromatic nitrogens is 3. The molecule has 1 aliphatic rings. The van der Waals surface area contributed by atoms with Crippen molar-refractivity contribution in [2.45, 2.75) is 19.3 Å². The number of hydrogen-bond donors (Lipinski definition) is 2. The van der Waals surface area contributed by atoms with Crippen molar-refractivity contribution in [2.75, 3.05) is 18.5 Å². The van der Waals surface area contributed by atoms with Gasteiger partial charge in [-0.25, -0.2) is 4.79 Å². The Morgan fingerprint density at radius 2 is 2.03 bits per heavy atom. The quantitative estimate of drug-likeness (QED) is 0.415. The minimum atomic E-state index is -1.00. The molecule has 166 valence electrons. The van der Waals surface area contributed by atoms with Crippen molar-refractivity contribution in [3.8, 4) is 5.75 Å². The predicted molar refractivity (Wildman–Crippen MR) is 127 cm³/mol. The van der Waals surface area contributed by atoms with Crippen LogP contribution < -0.4 is 10.1 Å². The Morgan fingerprint density at radius 1 is 1.15 bits per heavy atom. The standard InChI is InChI=1S/C26H24N4O3/c31-26(32)17-25(18-7-12-27-13-8-18)30-14-9-19-16-21(4-6-24(19)30)33-15-10-20-3-5-22-23(29-20)2-1-11-28-22/h3-9,12-14,16-17,28H,1-2,10-11,15H2,(H,31,32). The van der Waals surface area contributed by atoms with Crippen molar-refractivity contribution < 1.29 is 14.6 Å². The molecule has 0 spiro atoms. The summed E-state index contributed by atoms with van der Waals surface area (Å²) in [5.74, 6) is -0.234. The van der Waals surface area contributed by atoms with E-state index in [0.29, 0.717) is 12.3 Å². The third kappa shape index (κ3) is 4.57. The first-order valence-electron chi connectivity index (χ1n) is 11.0. The smallest absolute Gasteiger partial charge is 0.330 e. The molecular weight excluding hydrogens is 416 g/mol. The molecule has 33 heavy (non-hydrogen) atoms. The minimum Gasteiger partial charge on any atom is -0.493 e. The number of carboxylic acids is 1. The van der Waals surface area contributed by atoms with Crippen molar-refractivity contribution in [1.82, 2.24) is 14.5 Å². The average molecular weight is 441 g/mol. The first-order chi connectivity index (χ1) is 16.2. The number of ether oxygens (including phenoxy) is 1. The summed E-state index contributed by atoms with van der Waals surface area (Å²) in [6.07, 6.45) is 9.24. The van der Waals surface area contributed by atoms with E-state index >= 15 is 0 Å². The van der Waals surface area contributed by atoms with E-state index in [0.717, 1.165) is 65.1 Å². The lowest BCUT2D eigenvalue weighted by molar-refractivity contribution is -0.131. The zero-order valence-corrected chi connectivity index (χ0v) is 18.1. The van der Waals surface area contributed by atoms with Gasteiger partial charge in [0.05, 0.1) is 29.2 Å². The van der Waals surface area contributed by atoms with Crippen LogP contribution in [0.15, 0.2) is 73.2 Å². The van der Waals surface area contributed by atoms with Gasteiger partial charge < -0.3 is 19.7 Å². The maximum absolute atomic E-state index is 11.4. The van der Waals surface area contributed by atoms with Crippen LogP contribution in [0.3, 0.4) is 0 Å². The average Bonchev–Trinajstić information content (AvgIpc) is 3.26. The van der Waals surface area contributed by atoms with E-state index in [9.17, 15) is 9.90 Å². The van der Waals surface area contributed by atoms with E-state index < -0.39 is 5.97 Å². The Balaban J connectivity index is 1.32. The maximum atomic E-state index is 11.4. The van der Waals surface area contributed by atoms with Crippen molar-refractivity contribution in [2.24, 2.45) is 0 Å². The highest BCUT2D eigenvalue weighted by Crippen LogP contribution is 2.27. The van der Waals surface area contributed by atoms with Gasteiger partial charge in [0.1, 0.15) is 5.75 Å². The van der Waals surface area contributed by atoms with Crippen molar-refractivity contribution in [3.63, 3.8) is 0 Å². The van der Waals surface area contributed by atoms with Crippen LogP contribution in [0.25, 0.3) is 16.6 Å². The van der Waals surface area contributed by atoms with E-state index in [2.05, 4.69) is 22.4 Å². The van der Waals surface area contributed by atoms with E-state index in [1.165, 1.54) is 6.08 Å². The third-order valence-corrected chi connectivity index (χ3v) is 5.72. The van der Waals surface area contributed by atoms with Gasteiger partial charge in [0.2, 0.25) is 0 Å². The van der Waals surface area contributed by atoms with Gasteiger partial charge in [-0.2, -0.15) is 0 Å². The first-order valence-corrected chi connectivity index (χ1v) is 11.0. The van der Waals surface area contributed by atoms with Gasteiger partial charge >= 0.3 is 5.97 Å². The van der Waals surface area contributed by atoms with Crippen LogP contribution in [-0.4, -0.2) is 38.8 Å². The number of nitrogens with one attached hydrogen (secondary N) is 1. The number of carbonyl (C=O) groups is 1. The number of aliphatic carboxylic acids is 1. The second kappa shape index (κ2) is 9.16. The van der Waals surface area contributed by atoms with Gasteiger partial charge in [-0.1, -0.05) is 0 Å². The van der Waals surface area contributed by atoms with Crippen LogP contribution in [0.5, 0.6) is 5.75 Å². The normalized spacial score (nSPS) is 13.4. The lowest BCUT2D eigenvalue weighted by Crippen LogP contribution is -2.14. The van der Waals surface area contributed by atoms with E-state index in [-0.39, 0.29) is 0 Å². The molecular formula is C26H24N4O3. The molecule has 3 aromatic heterocycles. The molecule has 0 bridgehead atoms. The van der Waals surface area contributed by atoms with Crippen LogP contribution in [0.2, 0.25) is 0 Å². The van der Waals surface area contributed by atoms with Gasteiger partial charge in [0, 0.05) is 54.3 Å². The molecule has 4 aromatic rings. The van der Waals surface area contributed by atoms with Gasteiger partial charge in [-0.05, 0) is 61.4 Å². The van der Waals surface area contributed by atoms with E-state index in [1.54, 1.807) is 24.5 Å². The molecule has 2 N–H and O–H groups in total. The molecule has 7 nitrogen and oxygen atoms in total. The molecule has 0 atom stereocenters. The van der Waals surface area contributed by atoms with Crippen LogP contribution in [0, 0.1) is 0 Å². The summed E-state index contributed by atoms with van der Waals surface area (Å²) in [6, 6.07) is 15.5. The van der Waals surface area contributed by atoms with Crippen LogP contribution in [0.4, 0.5) is 5.69 Å². The molecule has 0 radical (unpaired) electrons. The van der Waals surface area contributed by atoms with Crippen LogP contribution in [0.1, 0.15) is 23.4 Å². The number of nitrogens with zero attached hydrogens (tertiary/aromatic N) is 3. The second-order valence-electron chi connectivity index (χ2n) is 7.94. The van der Waals surface area contributed by atoms with Gasteiger partial charge in [0.15, 0.2) is 0 Å². The summed E-state index contributed by atoms with van der Waals surface area (Å²) >= 11 is 0. The van der Waals surface area contributed by atoms with Crippen molar-refractivity contribution >= 4 is 28.3 Å². The predicted octanol–water partition coefficient (Wildman–Crippen LogP) is 4.38. The Labute approximate surface area is 191 Å². The number of anilines is 1. The number of rotatable bonds is 7. The summed E-state index contributed by atoms with van der Waals surface area (Å²) in [4.78, 5) is 20.2. The molecule has 1 aliphatic heterocycles. The zero-order chi connectivity index (χ0) is 22.6. The van der Waals surface area contributed by atoms with Gasteiger partial charge in [-0.3, -0.25) is 9.97 Å². The molecule has 0 saturated carbocycles. The number of benzene rings is 1. The number of carboxylic acid groups (broad SMARTS) is 1. The fraction of sp³-hybridized carbons (Fsp3) is 0.192. The summed E-state index contributed by atoms with van der Waals surface area (Å²) < 4.78 is 7.87. The highest BCUT2D eigenvalue weighted by atomic mass is 16.5. The highest BCUT2D eigenvalue weighted by molar-refractivity contribution is 5.94. The molecule has 1 aromatic carbocycles. The molecule has 0 saturated heterocycles. The fourth-order valence-corrected chi connectivity index (χ4v) is 4.14. The summed E-state index contributed by atoms with van der Waals surface area (Å²) in [7, 11) is 0. The van der Waals surface area contributed by atoms with E-state index in [1.807, 2.05) is 35.0 Å². The number of pyridine rings is 2. The molecule has 0 unspecified atom stereocenters. The van der Waals surface area contributed by atoms with Crippen LogP contribution >= 0.6 is 0 Å². The fourth-order valence-electron chi connectivity index (χ4n) is 4.14. The molecule has 7 heteroatoms. The SMILES string of the molecule is O=C(O)C=C(c1ccncc1)n1ccc2cc(OCCc3ccc4c(n3)CCCN4)ccc21. The highest BCUT2D eigenvalue weighted by Gasteiger charge is 2.12. The first kappa shape index (κ1) is 20.8. The second-order valence-corrected chi connectivity index (χ2v) is 7.94. The number of fused-ring (bicyclic) bond motifs is 2. The third-order valence-electron chi connectivity index (χ3n) is 5.72. The molecule has 5 rings (SSSR count). The lowest BCUT2D eigenvalue weighted by atomic mass is 10.1. The summed E-state index contributed by atoms with van der Waals surface area (Å²) in [5.41, 5.74) is 5.56. The van der Waals surface area contributed by atoms with E-state index in [4.69, 9.17) is 9.72 Å². The minimum absolute atomic E-state index is 0.534. The molecule has 0 amide bonds. The number of aryl methyl sites for hydroxylation is 1. The Hall–Kier alpha value is -4.13. The molecule has 4 heterocycles. The number of hydrogen-bond acceptors (Lipinski definition) is 5. The topological polar surface area (TPSA) is 89.3 Å². The lowest BCUT2D eigenvalue weighted by Gasteiger charge is -2.17. The summed E-state index contributed by atoms with van der Waals surface area (Å²) in [6.45, 7) is 1.55.